The van der Waals surface area contributed by atoms with Gasteiger partial charge in [-0.2, -0.15) is 13.2 Å². The van der Waals surface area contributed by atoms with Crippen molar-refractivity contribution in [3.63, 3.8) is 0 Å². The number of alkyl halides is 3. The highest BCUT2D eigenvalue weighted by atomic mass is 19.4. The smallest absolute Gasteiger partial charge is 0.321 e. The normalized spacial score (nSPS) is 26.5. The van der Waals surface area contributed by atoms with Crippen LogP contribution in [-0.4, -0.2) is 17.7 Å². The number of hydrogen-bond donors (Lipinski definition) is 1. The predicted molar refractivity (Wildman–Crippen MR) is 131 cm³/mol. The quantitative estimate of drug-likeness (QED) is 0.451. The van der Waals surface area contributed by atoms with Crippen LogP contribution in [0.15, 0.2) is 78.9 Å². The second-order valence-corrected chi connectivity index (χ2v) is 10.0. The Morgan fingerprint density at radius 2 is 1.54 bits per heavy atom. The van der Waals surface area contributed by atoms with Crippen molar-refractivity contribution in [2.75, 3.05) is 10.2 Å². The number of amides is 3. The van der Waals surface area contributed by atoms with Crippen LogP contribution < -0.4 is 10.2 Å². The van der Waals surface area contributed by atoms with Crippen LogP contribution in [0.25, 0.3) is 0 Å². The van der Waals surface area contributed by atoms with Crippen LogP contribution in [0.4, 0.5) is 24.5 Å². The summed E-state index contributed by atoms with van der Waals surface area (Å²) in [6, 6.07) is 20.7. The van der Waals surface area contributed by atoms with E-state index in [4.69, 9.17) is 0 Å². The van der Waals surface area contributed by atoms with Crippen LogP contribution in [0.3, 0.4) is 0 Å². The molecule has 3 aromatic rings. The Kier molecular flexibility index (Phi) is 5.44. The first-order valence-electron chi connectivity index (χ1n) is 12.2. The Morgan fingerprint density at radius 3 is 2.30 bits per heavy atom. The molecule has 0 aromatic heterocycles. The highest BCUT2D eigenvalue weighted by Gasteiger charge is 2.64. The lowest BCUT2D eigenvalue weighted by molar-refractivity contribution is -0.137. The summed E-state index contributed by atoms with van der Waals surface area (Å²) in [5, 5.41) is 2.31. The molecule has 5 nitrogen and oxygen atoms in total. The van der Waals surface area contributed by atoms with Crippen LogP contribution in [0.5, 0.6) is 0 Å². The third-order valence-corrected chi connectivity index (χ3v) is 8.09. The van der Waals surface area contributed by atoms with E-state index in [0.717, 1.165) is 18.9 Å². The number of halogens is 3. The fourth-order valence-corrected chi connectivity index (χ4v) is 6.62. The molecule has 1 saturated heterocycles. The van der Waals surface area contributed by atoms with Gasteiger partial charge in [-0.1, -0.05) is 48.5 Å². The molecule has 3 amide bonds. The van der Waals surface area contributed by atoms with Gasteiger partial charge in [-0.25, -0.2) is 0 Å². The molecule has 3 fully saturated rings. The molecule has 188 valence electrons. The van der Waals surface area contributed by atoms with Crippen LogP contribution in [0.1, 0.15) is 40.2 Å². The summed E-state index contributed by atoms with van der Waals surface area (Å²) in [5.74, 6) is -1.59. The van der Waals surface area contributed by atoms with Crippen molar-refractivity contribution in [3.8, 4) is 0 Å². The summed E-state index contributed by atoms with van der Waals surface area (Å²) in [7, 11) is 0. The van der Waals surface area contributed by atoms with E-state index in [1.165, 1.54) is 46.9 Å². The molecule has 0 spiro atoms. The standard InChI is InChI=1S/C29H23F3N2O3/c30-29(31,32)22-11-4-5-12-23(22)33-26(35)17-9-6-10-19(13-17)34-27(36)24-18-14-20(16-7-2-1-3-8-16)21(15-18)25(24)28(34)37/h1-13,18,20-21,24-25H,14-15H2,(H,33,35). The summed E-state index contributed by atoms with van der Waals surface area (Å²) in [6.45, 7) is 0. The fraction of sp³-hybridized carbons (Fsp3) is 0.276. The molecular formula is C29H23F3N2O3. The number of carbonyl (C=O) groups is 3. The first-order chi connectivity index (χ1) is 17.7. The van der Waals surface area contributed by atoms with Gasteiger partial charge in [0.1, 0.15) is 0 Å². The zero-order chi connectivity index (χ0) is 25.9. The zero-order valence-electron chi connectivity index (χ0n) is 19.6. The van der Waals surface area contributed by atoms with Gasteiger partial charge in [0, 0.05) is 5.56 Å². The monoisotopic (exact) mass is 504 g/mol. The molecule has 3 aromatic carbocycles. The van der Waals surface area contributed by atoms with Crippen molar-refractivity contribution in [1.82, 2.24) is 0 Å². The van der Waals surface area contributed by atoms with Crippen molar-refractivity contribution >= 4 is 29.1 Å². The van der Waals surface area contributed by atoms with E-state index < -0.39 is 23.6 Å². The molecule has 2 aliphatic carbocycles. The Balaban J connectivity index is 1.25. The molecule has 1 heterocycles. The minimum absolute atomic E-state index is 0.0530. The number of hydrogen-bond acceptors (Lipinski definition) is 3. The van der Waals surface area contributed by atoms with Gasteiger partial charge in [-0.15, -0.1) is 0 Å². The van der Waals surface area contributed by atoms with Crippen molar-refractivity contribution in [2.45, 2.75) is 24.9 Å². The first-order valence-corrected chi connectivity index (χ1v) is 12.2. The Labute approximate surface area is 211 Å². The molecule has 3 aliphatic rings. The maximum atomic E-state index is 13.6. The third kappa shape index (κ3) is 3.82. The molecule has 1 aliphatic heterocycles. The largest absolute Gasteiger partial charge is 0.418 e. The van der Waals surface area contributed by atoms with Crippen molar-refractivity contribution in [1.29, 1.82) is 0 Å². The van der Waals surface area contributed by atoms with E-state index in [9.17, 15) is 27.6 Å². The van der Waals surface area contributed by atoms with Crippen molar-refractivity contribution < 1.29 is 27.6 Å². The van der Waals surface area contributed by atoms with Gasteiger partial charge in [0.05, 0.1) is 28.8 Å². The van der Waals surface area contributed by atoms with Crippen molar-refractivity contribution in [3.05, 3.63) is 95.6 Å². The summed E-state index contributed by atoms with van der Waals surface area (Å²) in [6.07, 6.45) is -2.92. The number of nitrogens with one attached hydrogen (secondary N) is 1. The lowest BCUT2D eigenvalue weighted by atomic mass is 9.73. The van der Waals surface area contributed by atoms with E-state index in [0.29, 0.717) is 0 Å². The molecule has 37 heavy (non-hydrogen) atoms. The van der Waals surface area contributed by atoms with Crippen LogP contribution in [0.2, 0.25) is 0 Å². The number of fused-ring (bicyclic) bond motifs is 5. The number of carbonyl (C=O) groups excluding carboxylic acids is 3. The highest BCUT2D eigenvalue weighted by molar-refractivity contribution is 6.23. The molecule has 0 radical (unpaired) electrons. The number of benzene rings is 3. The molecule has 1 N–H and O–H groups in total. The molecule has 6 rings (SSSR count). The summed E-state index contributed by atoms with van der Waals surface area (Å²) >= 11 is 0. The van der Waals surface area contributed by atoms with Crippen LogP contribution in [-0.2, 0) is 15.8 Å². The van der Waals surface area contributed by atoms with Gasteiger partial charge in [0.25, 0.3) is 5.91 Å². The zero-order valence-corrected chi connectivity index (χ0v) is 19.6. The minimum atomic E-state index is -4.63. The highest BCUT2D eigenvalue weighted by Crippen LogP contribution is 2.61. The second-order valence-electron chi connectivity index (χ2n) is 10.0. The average Bonchev–Trinajstić information content (AvgIpc) is 3.55. The van der Waals surface area contributed by atoms with Gasteiger partial charge in [-0.3, -0.25) is 19.3 Å². The van der Waals surface area contributed by atoms with E-state index in [-0.39, 0.29) is 52.4 Å². The number of nitrogens with zero attached hydrogens (tertiary/aromatic N) is 1. The van der Waals surface area contributed by atoms with Gasteiger partial charge in [-0.05, 0) is 66.5 Å². The molecule has 5 atom stereocenters. The Morgan fingerprint density at radius 1 is 0.838 bits per heavy atom. The Bertz CT molecular complexity index is 1400. The molecule has 2 bridgehead atoms. The lowest BCUT2D eigenvalue weighted by Crippen LogP contribution is -2.33. The fourth-order valence-electron chi connectivity index (χ4n) is 6.62. The Hall–Kier alpha value is -3.94. The number of anilines is 2. The van der Waals surface area contributed by atoms with Gasteiger partial charge in [0.2, 0.25) is 11.8 Å². The van der Waals surface area contributed by atoms with Crippen LogP contribution >= 0.6 is 0 Å². The van der Waals surface area contributed by atoms with E-state index in [2.05, 4.69) is 17.4 Å². The maximum Gasteiger partial charge on any atom is 0.418 e. The predicted octanol–water partition coefficient (Wildman–Crippen LogP) is 5.89. The topological polar surface area (TPSA) is 66.5 Å². The third-order valence-electron chi connectivity index (χ3n) is 8.09. The molecular weight excluding hydrogens is 481 g/mol. The van der Waals surface area contributed by atoms with Crippen molar-refractivity contribution in [2.24, 2.45) is 23.7 Å². The molecule has 5 unspecified atom stereocenters. The summed E-state index contributed by atoms with van der Waals surface area (Å²) in [4.78, 5) is 41.0. The second kappa shape index (κ2) is 8.57. The van der Waals surface area contributed by atoms with E-state index in [1.807, 2.05) is 18.2 Å². The minimum Gasteiger partial charge on any atom is -0.321 e. The first kappa shape index (κ1) is 23.5. The molecule has 2 saturated carbocycles. The van der Waals surface area contributed by atoms with E-state index >= 15 is 0 Å². The number of imide groups is 1. The maximum absolute atomic E-state index is 13.6. The van der Waals surface area contributed by atoms with Gasteiger partial charge >= 0.3 is 6.18 Å². The van der Waals surface area contributed by atoms with E-state index in [1.54, 1.807) is 6.07 Å². The number of rotatable bonds is 4. The lowest BCUT2D eigenvalue weighted by Gasteiger charge is -2.28. The van der Waals surface area contributed by atoms with Gasteiger partial charge < -0.3 is 5.32 Å². The van der Waals surface area contributed by atoms with Gasteiger partial charge in [0.15, 0.2) is 0 Å². The van der Waals surface area contributed by atoms with Crippen LogP contribution in [0, 0.1) is 23.7 Å². The average molecular weight is 505 g/mol. The molecule has 8 heteroatoms. The SMILES string of the molecule is O=C(Nc1ccccc1C(F)(F)F)c1cccc(N2C(=O)C3C4CC(c5ccccc5)C(C4)C3C2=O)c1. The summed E-state index contributed by atoms with van der Waals surface area (Å²) in [5.41, 5.74) is 0.177. The number of para-hydroxylation sites is 1. The summed E-state index contributed by atoms with van der Waals surface area (Å²) < 4.78 is 40.0.